The molecule has 1 atom stereocenters. The van der Waals surface area contributed by atoms with Crippen LogP contribution in [-0.2, 0) is 17.7 Å². The molecule has 23 heavy (non-hydrogen) atoms. The molecule has 130 valence electrons. The normalized spacial score (nSPS) is 17.6. The second-order valence-electron chi connectivity index (χ2n) is 7.62. The van der Waals surface area contributed by atoms with Gasteiger partial charge in [0, 0.05) is 18.5 Å². The second-order valence-corrected chi connectivity index (χ2v) is 7.62. The van der Waals surface area contributed by atoms with Crippen LogP contribution in [0.4, 0.5) is 4.79 Å². The lowest BCUT2D eigenvalue weighted by atomic mass is 9.95. The quantitative estimate of drug-likeness (QED) is 0.805. The van der Waals surface area contributed by atoms with Gasteiger partial charge >= 0.3 is 6.09 Å². The number of furan rings is 1. The van der Waals surface area contributed by atoms with E-state index in [9.17, 15) is 4.79 Å². The van der Waals surface area contributed by atoms with Gasteiger partial charge in [0.25, 0.3) is 0 Å². The zero-order chi connectivity index (χ0) is 17.1. The standard InChI is InChI=1S/C18H30N2O3/c1-6-14-9-10-15(22-14)11-20-18(5,13-7-8-13)12-19-16(21)23-17(2,3)4/h9-10,13,20H,6-8,11-12H2,1-5H3,(H,19,21). The Balaban J connectivity index is 1.87. The molecule has 1 unspecified atom stereocenters. The third-order valence-electron chi connectivity index (χ3n) is 4.21. The van der Waals surface area contributed by atoms with Crippen molar-refractivity contribution in [3.63, 3.8) is 0 Å². The van der Waals surface area contributed by atoms with E-state index in [4.69, 9.17) is 9.15 Å². The molecule has 0 spiro atoms. The minimum absolute atomic E-state index is 0.143. The minimum atomic E-state index is -0.474. The second kappa shape index (κ2) is 6.95. The molecule has 2 N–H and O–H groups in total. The van der Waals surface area contributed by atoms with Crippen molar-refractivity contribution in [1.29, 1.82) is 0 Å². The molecule has 5 heteroatoms. The summed E-state index contributed by atoms with van der Waals surface area (Å²) < 4.78 is 11.1. The highest BCUT2D eigenvalue weighted by molar-refractivity contribution is 5.67. The molecule has 0 aromatic carbocycles. The zero-order valence-corrected chi connectivity index (χ0v) is 15.0. The number of aryl methyl sites for hydroxylation is 1. The van der Waals surface area contributed by atoms with Crippen LogP contribution in [0.5, 0.6) is 0 Å². The van der Waals surface area contributed by atoms with Gasteiger partial charge in [0.1, 0.15) is 17.1 Å². The summed E-state index contributed by atoms with van der Waals surface area (Å²) in [6.07, 6.45) is 2.92. The molecule has 0 aliphatic heterocycles. The van der Waals surface area contributed by atoms with E-state index in [1.807, 2.05) is 32.9 Å². The fourth-order valence-electron chi connectivity index (χ4n) is 2.64. The van der Waals surface area contributed by atoms with E-state index in [2.05, 4.69) is 24.5 Å². The van der Waals surface area contributed by atoms with E-state index in [1.165, 1.54) is 12.8 Å². The minimum Gasteiger partial charge on any atom is -0.465 e. The fraction of sp³-hybridized carbons (Fsp3) is 0.722. The highest BCUT2D eigenvalue weighted by Crippen LogP contribution is 2.39. The number of hydrogen-bond acceptors (Lipinski definition) is 4. The van der Waals surface area contributed by atoms with Gasteiger partial charge in [-0.05, 0) is 58.6 Å². The number of hydrogen-bond donors (Lipinski definition) is 2. The summed E-state index contributed by atoms with van der Waals surface area (Å²) in [5.41, 5.74) is -0.617. The summed E-state index contributed by atoms with van der Waals surface area (Å²) in [5, 5.41) is 6.47. The highest BCUT2D eigenvalue weighted by Gasteiger charge is 2.41. The molecule has 0 bridgehead atoms. The van der Waals surface area contributed by atoms with Gasteiger partial charge in [0.2, 0.25) is 0 Å². The van der Waals surface area contributed by atoms with Crippen LogP contribution in [0.2, 0.25) is 0 Å². The first-order valence-electron chi connectivity index (χ1n) is 8.51. The third-order valence-corrected chi connectivity index (χ3v) is 4.21. The largest absolute Gasteiger partial charge is 0.465 e. The smallest absolute Gasteiger partial charge is 0.407 e. The molecular weight excluding hydrogens is 292 g/mol. The van der Waals surface area contributed by atoms with Gasteiger partial charge in [-0.25, -0.2) is 4.79 Å². The maximum absolute atomic E-state index is 11.9. The Bertz CT molecular complexity index is 529. The number of nitrogens with one attached hydrogen (secondary N) is 2. The van der Waals surface area contributed by atoms with Crippen LogP contribution in [0.15, 0.2) is 16.5 Å². The average molecular weight is 322 g/mol. The summed E-state index contributed by atoms with van der Waals surface area (Å²) in [4.78, 5) is 11.9. The number of carbonyl (C=O) groups excluding carboxylic acids is 1. The van der Waals surface area contributed by atoms with E-state index in [1.54, 1.807) is 0 Å². The summed E-state index contributed by atoms with van der Waals surface area (Å²) in [5.74, 6) is 2.52. The van der Waals surface area contributed by atoms with Gasteiger partial charge in [0.05, 0.1) is 6.54 Å². The van der Waals surface area contributed by atoms with Crippen molar-refractivity contribution in [2.75, 3.05) is 6.54 Å². The Labute approximate surface area is 139 Å². The van der Waals surface area contributed by atoms with Crippen LogP contribution < -0.4 is 10.6 Å². The number of alkyl carbamates (subject to hydrolysis) is 1. The molecule has 1 amide bonds. The Morgan fingerprint density at radius 2 is 1.91 bits per heavy atom. The van der Waals surface area contributed by atoms with Crippen molar-refractivity contribution < 1.29 is 13.9 Å². The maximum atomic E-state index is 11.9. The lowest BCUT2D eigenvalue weighted by Crippen LogP contribution is -2.53. The van der Waals surface area contributed by atoms with Crippen molar-refractivity contribution in [3.8, 4) is 0 Å². The Morgan fingerprint density at radius 1 is 1.26 bits per heavy atom. The molecule has 1 aromatic heterocycles. The Hall–Kier alpha value is -1.49. The van der Waals surface area contributed by atoms with Crippen LogP contribution in [0, 0.1) is 5.92 Å². The summed E-state index contributed by atoms with van der Waals surface area (Å²) in [7, 11) is 0. The van der Waals surface area contributed by atoms with Gasteiger partial charge < -0.3 is 19.8 Å². The van der Waals surface area contributed by atoms with Crippen molar-refractivity contribution >= 4 is 6.09 Å². The van der Waals surface area contributed by atoms with Crippen LogP contribution in [0.3, 0.4) is 0 Å². The lowest BCUT2D eigenvalue weighted by Gasteiger charge is -2.31. The number of carbonyl (C=O) groups is 1. The number of rotatable bonds is 7. The van der Waals surface area contributed by atoms with Gasteiger partial charge in [-0.3, -0.25) is 0 Å². The third kappa shape index (κ3) is 5.57. The van der Waals surface area contributed by atoms with Crippen molar-refractivity contribution in [1.82, 2.24) is 10.6 Å². The first-order valence-corrected chi connectivity index (χ1v) is 8.51. The molecule has 2 rings (SSSR count). The van der Waals surface area contributed by atoms with Gasteiger partial charge in [0.15, 0.2) is 0 Å². The monoisotopic (exact) mass is 322 g/mol. The van der Waals surface area contributed by atoms with Gasteiger partial charge in [-0.15, -0.1) is 0 Å². The summed E-state index contributed by atoms with van der Waals surface area (Å²) in [6, 6.07) is 4.03. The fourth-order valence-corrected chi connectivity index (χ4v) is 2.64. The van der Waals surface area contributed by atoms with Crippen molar-refractivity contribution in [2.24, 2.45) is 5.92 Å². The Morgan fingerprint density at radius 3 is 2.43 bits per heavy atom. The number of amides is 1. The van der Waals surface area contributed by atoms with Crippen molar-refractivity contribution in [3.05, 3.63) is 23.7 Å². The molecule has 1 aliphatic carbocycles. The maximum Gasteiger partial charge on any atom is 0.407 e. The number of ether oxygens (including phenoxy) is 1. The molecular formula is C18H30N2O3. The average Bonchev–Trinajstić information content (AvgIpc) is 3.21. The topological polar surface area (TPSA) is 63.5 Å². The van der Waals surface area contributed by atoms with E-state index in [0.717, 1.165) is 17.9 Å². The molecule has 1 fully saturated rings. The van der Waals surface area contributed by atoms with Gasteiger partial charge in [-0.1, -0.05) is 6.92 Å². The summed E-state index contributed by atoms with van der Waals surface area (Å²) in [6.45, 7) is 11.1. The van der Waals surface area contributed by atoms with E-state index >= 15 is 0 Å². The lowest BCUT2D eigenvalue weighted by molar-refractivity contribution is 0.0507. The molecule has 0 saturated heterocycles. The molecule has 0 radical (unpaired) electrons. The molecule has 1 saturated carbocycles. The van der Waals surface area contributed by atoms with E-state index < -0.39 is 5.60 Å². The predicted octanol–water partition coefficient (Wildman–Crippen LogP) is 3.63. The van der Waals surface area contributed by atoms with E-state index in [0.29, 0.717) is 19.0 Å². The van der Waals surface area contributed by atoms with Crippen LogP contribution in [-0.4, -0.2) is 23.8 Å². The molecule has 1 heterocycles. The zero-order valence-electron chi connectivity index (χ0n) is 15.0. The van der Waals surface area contributed by atoms with Crippen LogP contribution in [0.25, 0.3) is 0 Å². The first kappa shape index (κ1) is 17.9. The molecule has 5 nitrogen and oxygen atoms in total. The van der Waals surface area contributed by atoms with Crippen LogP contribution in [0.1, 0.15) is 59.0 Å². The highest BCUT2D eigenvalue weighted by atomic mass is 16.6. The molecule has 1 aliphatic rings. The predicted molar refractivity (Wildman–Crippen MR) is 90.3 cm³/mol. The first-order chi connectivity index (χ1) is 10.7. The van der Waals surface area contributed by atoms with Gasteiger partial charge in [-0.2, -0.15) is 0 Å². The Kier molecular flexibility index (Phi) is 5.40. The molecule has 1 aromatic rings. The van der Waals surface area contributed by atoms with Crippen LogP contribution >= 0.6 is 0 Å². The SMILES string of the molecule is CCc1ccc(CNC(C)(CNC(=O)OC(C)(C)C)C2CC2)o1. The van der Waals surface area contributed by atoms with Crippen molar-refractivity contribution in [2.45, 2.75) is 71.6 Å². The van der Waals surface area contributed by atoms with E-state index in [-0.39, 0.29) is 11.6 Å². The summed E-state index contributed by atoms with van der Waals surface area (Å²) >= 11 is 0.